The highest BCUT2D eigenvalue weighted by Gasteiger charge is 2.11. The SMILES string of the molecule is CCCCNc1nnc(SCC(=O)NCC(=O)Nc2c(C)cc(C)cc2C)s1. The van der Waals surface area contributed by atoms with Crippen LogP contribution in [0.2, 0.25) is 0 Å². The summed E-state index contributed by atoms with van der Waals surface area (Å²) in [5.41, 5.74) is 3.97. The highest BCUT2D eigenvalue weighted by Crippen LogP contribution is 2.25. The van der Waals surface area contributed by atoms with Crippen LogP contribution < -0.4 is 16.0 Å². The Morgan fingerprint density at radius 2 is 1.82 bits per heavy atom. The molecular formula is C19H27N5O2S2. The van der Waals surface area contributed by atoms with Gasteiger partial charge < -0.3 is 16.0 Å². The molecule has 1 aromatic heterocycles. The summed E-state index contributed by atoms with van der Waals surface area (Å²) in [6, 6.07) is 4.04. The van der Waals surface area contributed by atoms with E-state index in [0.717, 1.165) is 51.2 Å². The average Bonchev–Trinajstić information content (AvgIpc) is 3.09. The van der Waals surface area contributed by atoms with Crippen molar-refractivity contribution in [2.45, 2.75) is 44.9 Å². The molecule has 0 aliphatic heterocycles. The highest BCUT2D eigenvalue weighted by molar-refractivity contribution is 8.01. The van der Waals surface area contributed by atoms with Crippen LogP contribution in [-0.4, -0.2) is 40.9 Å². The van der Waals surface area contributed by atoms with Crippen LogP contribution >= 0.6 is 23.1 Å². The van der Waals surface area contributed by atoms with E-state index in [0.29, 0.717) is 0 Å². The van der Waals surface area contributed by atoms with E-state index >= 15 is 0 Å². The number of nitrogens with zero attached hydrogens (tertiary/aromatic N) is 2. The molecule has 28 heavy (non-hydrogen) atoms. The van der Waals surface area contributed by atoms with Crippen molar-refractivity contribution in [1.82, 2.24) is 15.5 Å². The number of nitrogens with one attached hydrogen (secondary N) is 3. The van der Waals surface area contributed by atoms with Gasteiger partial charge in [0.15, 0.2) is 4.34 Å². The Balaban J connectivity index is 1.73. The van der Waals surface area contributed by atoms with Crippen LogP contribution in [0.1, 0.15) is 36.5 Å². The number of aromatic nitrogens is 2. The van der Waals surface area contributed by atoms with Crippen LogP contribution in [0.4, 0.5) is 10.8 Å². The lowest BCUT2D eigenvalue weighted by molar-refractivity contribution is -0.122. The van der Waals surface area contributed by atoms with Crippen LogP contribution in [0.15, 0.2) is 16.5 Å². The number of unbranched alkanes of at least 4 members (excludes halogenated alkanes) is 1. The summed E-state index contributed by atoms with van der Waals surface area (Å²) < 4.78 is 0.726. The second kappa shape index (κ2) is 11.0. The topological polar surface area (TPSA) is 96.0 Å². The fourth-order valence-electron chi connectivity index (χ4n) is 2.63. The number of anilines is 2. The first kappa shape index (κ1) is 22.2. The zero-order chi connectivity index (χ0) is 20.5. The molecule has 1 heterocycles. The van der Waals surface area contributed by atoms with Crippen molar-refractivity contribution in [2.75, 3.05) is 29.5 Å². The van der Waals surface area contributed by atoms with E-state index in [1.54, 1.807) is 0 Å². The Labute approximate surface area is 174 Å². The molecule has 2 rings (SSSR count). The van der Waals surface area contributed by atoms with Gasteiger partial charge in [0.1, 0.15) is 0 Å². The molecule has 0 bridgehead atoms. The summed E-state index contributed by atoms with van der Waals surface area (Å²) in [6.45, 7) is 8.87. The van der Waals surface area contributed by atoms with E-state index in [1.165, 1.54) is 23.1 Å². The molecule has 3 N–H and O–H groups in total. The number of aryl methyl sites for hydroxylation is 3. The van der Waals surface area contributed by atoms with E-state index in [4.69, 9.17) is 0 Å². The minimum Gasteiger partial charge on any atom is -0.360 e. The van der Waals surface area contributed by atoms with Gasteiger partial charge in [-0.2, -0.15) is 0 Å². The Morgan fingerprint density at radius 1 is 1.11 bits per heavy atom. The fraction of sp³-hybridized carbons (Fsp3) is 0.474. The molecule has 0 aliphatic rings. The minimum absolute atomic E-state index is 0.0634. The summed E-state index contributed by atoms with van der Waals surface area (Å²) in [5, 5.41) is 17.6. The predicted molar refractivity (Wildman–Crippen MR) is 116 cm³/mol. The van der Waals surface area contributed by atoms with Crippen LogP contribution in [-0.2, 0) is 9.59 Å². The molecule has 2 aromatic rings. The molecule has 0 saturated heterocycles. The Morgan fingerprint density at radius 3 is 2.50 bits per heavy atom. The van der Waals surface area contributed by atoms with Crippen molar-refractivity contribution < 1.29 is 9.59 Å². The van der Waals surface area contributed by atoms with Gasteiger partial charge in [0.25, 0.3) is 0 Å². The number of hydrogen-bond donors (Lipinski definition) is 3. The lowest BCUT2D eigenvalue weighted by atomic mass is 10.1. The first-order chi connectivity index (χ1) is 13.4. The predicted octanol–water partition coefficient (Wildman–Crippen LogP) is 3.52. The third-order valence-electron chi connectivity index (χ3n) is 3.93. The van der Waals surface area contributed by atoms with Crippen LogP contribution in [0.5, 0.6) is 0 Å². The summed E-state index contributed by atoms with van der Waals surface area (Å²) in [6.07, 6.45) is 2.19. The standard InChI is InChI=1S/C19H27N5O2S2/c1-5-6-7-20-18-23-24-19(28-18)27-11-16(26)21-10-15(25)22-17-13(3)8-12(2)9-14(17)4/h8-9H,5-7,10-11H2,1-4H3,(H,20,23)(H,21,26)(H,22,25). The van der Waals surface area contributed by atoms with Gasteiger partial charge in [-0.1, -0.05) is 54.1 Å². The Bertz CT molecular complexity index is 799. The summed E-state index contributed by atoms with van der Waals surface area (Å²) >= 11 is 2.74. The van der Waals surface area contributed by atoms with Crippen molar-refractivity contribution in [2.24, 2.45) is 0 Å². The van der Waals surface area contributed by atoms with Crippen molar-refractivity contribution in [3.8, 4) is 0 Å². The molecule has 0 unspecified atom stereocenters. The van der Waals surface area contributed by atoms with Crippen molar-refractivity contribution in [3.05, 3.63) is 28.8 Å². The molecule has 0 aliphatic carbocycles. The second-order valence-electron chi connectivity index (χ2n) is 6.54. The van der Waals surface area contributed by atoms with Crippen molar-refractivity contribution in [1.29, 1.82) is 0 Å². The monoisotopic (exact) mass is 421 g/mol. The van der Waals surface area contributed by atoms with Gasteiger partial charge in [-0.15, -0.1) is 10.2 Å². The number of benzene rings is 1. The lowest BCUT2D eigenvalue weighted by Crippen LogP contribution is -2.34. The third-order valence-corrected chi connectivity index (χ3v) is 5.94. The molecule has 0 spiro atoms. The maximum absolute atomic E-state index is 12.1. The molecule has 0 saturated carbocycles. The van der Waals surface area contributed by atoms with Crippen molar-refractivity contribution >= 4 is 45.7 Å². The molecular weight excluding hydrogens is 394 g/mol. The van der Waals surface area contributed by atoms with E-state index in [9.17, 15) is 9.59 Å². The molecule has 152 valence electrons. The molecule has 0 atom stereocenters. The molecule has 1 aromatic carbocycles. The zero-order valence-corrected chi connectivity index (χ0v) is 18.4. The smallest absolute Gasteiger partial charge is 0.243 e. The van der Waals surface area contributed by atoms with Gasteiger partial charge >= 0.3 is 0 Å². The number of carbonyl (C=O) groups excluding carboxylic acids is 2. The normalized spacial score (nSPS) is 10.6. The average molecular weight is 422 g/mol. The first-order valence-corrected chi connectivity index (χ1v) is 11.0. The summed E-state index contributed by atoms with van der Waals surface area (Å²) in [5.74, 6) is -0.264. The van der Waals surface area contributed by atoms with Gasteiger partial charge in [0, 0.05) is 12.2 Å². The Hall–Kier alpha value is -2.13. The third kappa shape index (κ3) is 7.12. The fourth-order valence-corrected chi connectivity index (χ4v) is 4.24. The first-order valence-electron chi connectivity index (χ1n) is 9.23. The molecule has 9 heteroatoms. The Kier molecular flexibility index (Phi) is 8.72. The zero-order valence-electron chi connectivity index (χ0n) is 16.7. The number of thioether (sulfide) groups is 1. The largest absolute Gasteiger partial charge is 0.360 e. The molecule has 0 fully saturated rings. The number of hydrogen-bond acceptors (Lipinski definition) is 7. The second-order valence-corrected chi connectivity index (χ2v) is 8.74. The maximum Gasteiger partial charge on any atom is 0.243 e. The quantitative estimate of drug-likeness (QED) is 0.401. The van der Waals surface area contributed by atoms with E-state index < -0.39 is 0 Å². The highest BCUT2D eigenvalue weighted by atomic mass is 32.2. The van der Waals surface area contributed by atoms with Crippen LogP contribution in [0, 0.1) is 20.8 Å². The van der Waals surface area contributed by atoms with Gasteiger partial charge in [0.2, 0.25) is 16.9 Å². The van der Waals surface area contributed by atoms with Gasteiger partial charge in [-0.05, 0) is 38.3 Å². The van der Waals surface area contributed by atoms with E-state index in [2.05, 4.69) is 33.1 Å². The van der Waals surface area contributed by atoms with E-state index in [-0.39, 0.29) is 24.1 Å². The summed E-state index contributed by atoms with van der Waals surface area (Å²) in [7, 11) is 0. The minimum atomic E-state index is -0.244. The number of carbonyl (C=O) groups is 2. The van der Waals surface area contributed by atoms with Crippen molar-refractivity contribution in [3.63, 3.8) is 0 Å². The van der Waals surface area contributed by atoms with Gasteiger partial charge in [-0.3, -0.25) is 9.59 Å². The van der Waals surface area contributed by atoms with Gasteiger partial charge in [0.05, 0.1) is 12.3 Å². The molecule has 2 amide bonds. The maximum atomic E-state index is 12.1. The van der Waals surface area contributed by atoms with Gasteiger partial charge in [-0.25, -0.2) is 0 Å². The van der Waals surface area contributed by atoms with Crippen LogP contribution in [0.3, 0.4) is 0 Å². The number of rotatable bonds is 10. The van der Waals surface area contributed by atoms with E-state index in [1.807, 2.05) is 32.9 Å². The van der Waals surface area contributed by atoms with Crippen LogP contribution in [0.25, 0.3) is 0 Å². The molecule has 7 nitrogen and oxygen atoms in total. The number of amides is 2. The lowest BCUT2D eigenvalue weighted by Gasteiger charge is -2.13. The summed E-state index contributed by atoms with van der Waals surface area (Å²) in [4.78, 5) is 24.1. The molecule has 0 radical (unpaired) electrons.